The van der Waals surface area contributed by atoms with Gasteiger partial charge in [0.15, 0.2) is 0 Å². The third-order valence-electron chi connectivity index (χ3n) is 3.31. The fraction of sp³-hybridized carbons (Fsp3) is 0.417. The van der Waals surface area contributed by atoms with Crippen LogP contribution in [0.15, 0.2) is 27.6 Å². The minimum Gasteiger partial charge on any atom is -0.481 e. The molecule has 1 aliphatic rings. The smallest absolute Gasteiger partial charge is 0.306 e. The molecule has 8 heteroatoms. The van der Waals surface area contributed by atoms with Crippen LogP contribution in [0, 0.1) is 11.7 Å². The molecule has 0 spiro atoms. The van der Waals surface area contributed by atoms with Gasteiger partial charge in [-0.3, -0.25) is 4.79 Å². The zero-order valence-corrected chi connectivity index (χ0v) is 12.8. The molecule has 0 atom stereocenters. The summed E-state index contributed by atoms with van der Waals surface area (Å²) < 4.78 is 39.3. The van der Waals surface area contributed by atoms with E-state index in [1.807, 2.05) is 0 Å². The predicted molar refractivity (Wildman–Crippen MR) is 73.2 cm³/mol. The average molecular weight is 366 g/mol. The molecule has 2 rings (SSSR count). The summed E-state index contributed by atoms with van der Waals surface area (Å²) in [5, 5.41) is 8.90. The normalized spacial score (nSPS) is 18.1. The lowest BCUT2D eigenvalue weighted by atomic mass is 9.99. The van der Waals surface area contributed by atoms with Crippen molar-refractivity contribution in [1.29, 1.82) is 0 Å². The number of aliphatic carboxylic acids is 1. The molecule has 20 heavy (non-hydrogen) atoms. The Morgan fingerprint density at radius 1 is 1.35 bits per heavy atom. The monoisotopic (exact) mass is 365 g/mol. The first-order valence-electron chi connectivity index (χ1n) is 6.00. The summed E-state index contributed by atoms with van der Waals surface area (Å²) in [6.45, 7) is 0.312. The van der Waals surface area contributed by atoms with Gasteiger partial charge in [-0.05, 0) is 47.0 Å². The molecule has 0 aromatic heterocycles. The van der Waals surface area contributed by atoms with Crippen LogP contribution < -0.4 is 0 Å². The van der Waals surface area contributed by atoms with Gasteiger partial charge in [0, 0.05) is 17.6 Å². The van der Waals surface area contributed by atoms with E-state index >= 15 is 0 Å². The molecule has 1 aliphatic heterocycles. The van der Waals surface area contributed by atoms with Crippen molar-refractivity contribution < 1.29 is 22.7 Å². The third-order valence-corrected chi connectivity index (χ3v) is 6.19. The summed E-state index contributed by atoms with van der Waals surface area (Å²) in [6.07, 6.45) is 0.570. The molecule has 1 aromatic carbocycles. The van der Waals surface area contributed by atoms with Crippen molar-refractivity contribution in [1.82, 2.24) is 4.31 Å². The van der Waals surface area contributed by atoms with Crippen LogP contribution in [-0.4, -0.2) is 36.9 Å². The van der Waals surface area contributed by atoms with Gasteiger partial charge >= 0.3 is 5.97 Å². The molecular formula is C12H13BrFNO4S. The summed E-state index contributed by atoms with van der Waals surface area (Å²) in [5.74, 6) is -1.93. The van der Waals surface area contributed by atoms with Crippen LogP contribution in [0.5, 0.6) is 0 Å². The molecule has 1 N–H and O–H groups in total. The number of hydrogen-bond donors (Lipinski definition) is 1. The van der Waals surface area contributed by atoms with Crippen molar-refractivity contribution in [3.05, 3.63) is 28.5 Å². The highest BCUT2D eigenvalue weighted by atomic mass is 79.9. The van der Waals surface area contributed by atoms with Crippen LogP contribution in [0.25, 0.3) is 0 Å². The van der Waals surface area contributed by atoms with Crippen LogP contribution in [0.2, 0.25) is 0 Å². The second kappa shape index (κ2) is 5.79. The largest absolute Gasteiger partial charge is 0.481 e. The van der Waals surface area contributed by atoms with Gasteiger partial charge in [-0.25, -0.2) is 12.8 Å². The number of halogens is 2. The third kappa shape index (κ3) is 3.02. The summed E-state index contributed by atoms with van der Waals surface area (Å²) in [4.78, 5) is 10.8. The average Bonchev–Trinajstić information content (AvgIpc) is 2.38. The number of piperidine rings is 1. The Hall–Kier alpha value is -0.990. The molecule has 0 amide bonds. The Bertz CT molecular complexity index is 626. The Kier molecular flexibility index (Phi) is 4.46. The van der Waals surface area contributed by atoms with E-state index in [4.69, 9.17) is 5.11 Å². The SMILES string of the molecule is O=C(O)C1CCN(S(=O)(=O)c2ccc(F)cc2Br)CC1. The van der Waals surface area contributed by atoms with Crippen molar-refractivity contribution in [2.75, 3.05) is 13.1 Å². The standard InChI is InChI=1S/C12H13BrFNO4S/c13-10-7-9(14)1-2-11(10)20(18,19)15-5-3-8(4-6-15)12(16)17/h1-2,7-8H,3-6H2,(H,16,17). The highest BCUT2D eigenvalue weighted by Gasteiger charge is 2.32. The van der Waals surface area contributed by atoms with Gasteiger partial charge < -0.3 is 5.11 Å². The number of nitrogens with zero attached hydrogens (tertiary/aromatic N) is 1. The van der Waals surface area contributed by atoms with Gasteiger partial charge in [-0.15, -0.1) is 0 Å². The predicted octanol–water partition coefficient (Wildman–Crippen LogP) is 2.07. The summed E-state index contributed by atoms with van der Waals surface area (Å²) in [5.41, 5.74) is 0. The molecule has 1 aromatic rings. The molecule has 0 bridgehead atoms. The molecule has 1 saturated heterocycles. The van der Waals surface area contributed by atoms with E-state index in [1.54, 1.807) is 0 Å². The van der Waals surface area contributed by atoms with Crippen molar-refractivity contribution in [3.63, 3.8) is 0 Å². The van der Waals surface area contributed by atoms with Crippen molar-refractivity contribution >= 4 is 31.9 Å². The first kappa shape index (κ1) is 15.4. The van der Waals surface area contributed by atoms with Crippen LogP contribution in [0.3, 0.4) is 0 Å². The molecule has 0 aliphatic carbocycles. The van der Waals surface area contributed by atoms with Gasteiger partial charge in [-0.2, -0.15) is 4.31 Å². The first-order chi connectivity index (χ1) is 9.32. The van der Waals surface area contributed by atoms with E-state index in [1.165, 1.54) is 10.4 Å². The summed E-state index contributed by atoms with van der Waals surface area (Å²) in [6, 6.07) is 3.39. The minimum atomic E-state index is -3.73. The summed E-state index contributed by atoms with van der Waals surface area (Å²) in [7, 11) is -3.73. The van der Waals surface area contributed by atoms with E-state index in [0.717, 1.165) is 12.1 Å². The second-order valence-corrected chi connectivity index (χ2v) is 7.35. The zero-order chi connectivity index (χ0) is 14.9. The van der Waals surface area contributed by atoms with E-state index in [0.29, 0.717) is 0 Å². The van der Waals surface area contributed by atoms with Gasteiger partial charge in [0.05, 0.1) is 10.8 Å². The van der Waals surface area contributed by atoms with Crippen LogP contribution in [0.4, 0.5) is 4.39 Å². The molecular weight excluding hydrogens is 353 g/mol. The first-order valence-corrected chi connectivity index (χ1v) is 8.23. The molecule has 1 fully saturated rings. The van der Waals surface area contributed by atoms with Crippen LogP contribution in [-0.2, 0) is 14.8 Å². The zero-order valence-electron chi connectivity index (χ0n) is 10.4. The number of carboxylic acids is 1. The number of rotatable bonds is 3. The van der Waals surface area contributed by atoms with Gasteiger partial charge in [-0.1, -0.05) is 0 Å². The summed E-state index contributed by atoms with van der Waals surface area (Å²) >= 11 is 3.04. The topological polar surface area (TPSA) is 74.7 Å². The number of hydrogen-bond acceptors (Lipinski definition) is 3. The van der Waals surface area contributed by atoms with Gasteiger partial charge in [0.1, 0.15) is 5.82 Å². The maximum absolute atomic E-state index is 13.0. The quantitative estimate of drug-likeness (QED) is 0.889. The van der Waals surface area contributed by atoms with Crippen molar-refractivity contribution in [3.8, 4) is 0 Å². The number of carboxylic acid groups (broad SMARTS) is 1. The molecule has 0 unspecified atom stereocenters. The lowest BCUT2D eigenvalue weighted by Gasteiger charge is -2.29. The lowest BCUT2D eigenvalue weighted by Crippen LogP contribution is -2.40. The van der Waals surface area contributed by atoms with E-state index in [9.17, 15) is 17.6 Å². The van der Waals surface area contributed by atoms with Crippen molar-refractivity contribution in [2.24, 2.45) is 5.92 Å². The Morgan fingerprint density at radius 3 is 2.45 bits per heavy atom. The maximum Gasteiger partial charge on any atom is 0.306 e. The van der Waals surface area contributed by atoms with E-state index < -0.39 is 27.7 Å². The molecule has 0 saturated carbocycles. The van der Waals surface area contributed by atoms with Crippen LogP contribution >= 0.6 is 15.9 Å². The Labute approximate surface area is 124 Å². The van der Waals surface area contributed by atoms with Gasteiger partial charge in [0.2, 0.25) is 10.0 Å². The lowest BCUT2D eigenvalue weighted by molar-refractivity contribution is -0.142. The van der Waals surface area contributed by atoms with Gasteiger partial charge in [0.25, 0.3) is 0 Å². The van der Waals surface area contributed by atoms with Crippen molar-refractivity contribution in [2.45, 2.75) is 17.7 Å². The molecule has 0 radical (unpaired) electrons. The number of benzene rings is 1. The number of sulfonamides is 1. The van der Waals surface area contributed by atoms with E-state index in [-0.39, 0.29) is 35.3 Å². The maximum atomic E-state index is 13.0. The second-order valence-electron chi connectivity index (χ2n) is 4.59. The fourth-order valence-corrected chi connectivity index (χ4v) is 4.65. The van der Waals surface area contributed by atoms with E-state index in [2.05, 4.69) is 15.9 Å². The fourth-order valence-electron chi connectivity index (χ4n) is 2.17. The molecule has 110 valence electrons. The highest BCUT2D eigenvalue weighted by molar-refractivity contribution is 9.10. The molecule has 1 heterocycles. The highest BCUT2D eigenvalue weighted by Crippen LogP contribution is 2.29. The Balaban J connectivity index is 2.22. The van der Waals surface area contributed by atoms with Crippen LogP contribution in [0.1, 0.15) is 12.8 Å². The molecule has 5 nitrogen and oxygen atoms in total. The Morgan fingerprint density at radius 2 is 1.95 bits per heavy atom. The number of carbonyl (C=O) groups is 1. The minimum absolute atomic E-state index is 0.00678.